The molecule has 2 N–H and O–H groups in total. The van der Waals surface area contributed by atoms with Gasteiger partial charge < -0.3 is 19.5 Å². The lowest BCUT2D eigenvalue weighted by Crippen LogP contribution is -2.74. The van der Waals surface area contributed by atoms with Crippen LogP contribution in [0.25, 0.3) is 11.1 Å². The average Bonchev–Trinajstić information content (AvgIpc) is 3.48. The molecule has 198 valence electrons. The molecule has 5 nitrogen and oxygen atoms in total. The molecule has 0 unspecified atom stereocenters. The van der Waals surface area contributed by atoms with Crippen LogP contribution in [0.3, 0.4) is 0 Å². The first-order chi connectivity index (χ1) is 19.0. The van der Waals surface area contributed by atoms with E-state index in [9.17, 15) is 10.2 Å². The van der Waals surface area contributed by atoms with Gasteiger partial charge in [-0.15, -0.1) is 0 Å². The van der Waals surface area contributed by atoms with Crippen LogP contribution in [0, 0.1) is 0 Å². The molecule has 2 bridgehead atoms. The number of ether oxygens (including phenoxy) is 1. The van der Waals surface area contributed by atoms with Crippen molar-refractivity contribution >= 4 is 0 Å². The number of likely N-dealkylation sites (tertiary alicyclic amines) is 1. The molecular formula is C34H34N2O3. The molecule has 3 aromatic carbocycles. The van der Waals surface area contributed by atoms with Gasteiger partial charge in [-0.25, -0.2) is 0 Å². The van der Waals surface area contributed by atoms with Crippen molar-refractivity contribution in [2.75, 3.05) is 13.1 Å². The summed E-state index contributed by atoms with van der Waals surface area (Å²) in [6.07, 6.45) is 5.13. The van der Waals surface area contributed by atoms with Crippen molar-refractivity contribution in [1.82, 2.24) is 9.47 Å². The third-order valence-electron chi connectivity index (χ3n) is 10.0. The molecule has 0 saturated carbocycles. The normalized spacial score (nSPS) is 28.1. The zero-order chi connectivity index (χ0) is 26.4. The summed E-state index contributed by atoms with van der Waals surface area (Å²) < 4.78 is 9.23. The topological polar surface area (TPSA) is 57.9 Å². The number of fused-ring (bicyclic) bond motifs is 2. The van der Waals surface area contributed by atoms with Crippen molar-refractivity contribution < 1.29 is 14.9 Å². The van der Waals surface area contributed by atoms with Gasteiger partial charge in [-0.3, -0.25) is 4.90 Å². The van der Waals surface area contributed by atoms with Gasteiger partial charge in [0.1, 0.15) is 0 Å². The predicted molar refractivity (Wildman–Crippen MR) is 151 cm³/mol. The Bertz CT molecular complexity index is 1580. The van der Waals surface area contributed by atoms with Crippen molar-refractivity contribution in [2.45, 2.75) is 62.3 Å². The first-order valence-corrected chi connectivity index (χ1v) is 14.3. The van der Waals surface area contributed by atoms with E-state index >= 15 is 0 Å². The number of aromatic nitrogens is 1. The van der Waals surface area contributed by atoms with Gasteiger partial charge in [-0.1, -0.05) is 73.7 Å². The largest absolute Gasteiger partial charge is 0.504 e. The minimum Gasteiger partial charge on any atom is -0.504 e. The van der Waals surface area contributed by atoms with E-state index in [2.05, 4.69) is 89.3 Å². The Hall–Kier alpha value is -3.54. The molecule has 4 aliphatic rings. The summed E-state index contributed by atoms with van der Waals surface area (Å²) in [6, 6.07) is 25.0. The molecule has 4 atom stereocenters. The molecular weight excluding hydrogens is 484 g/mol. The summed E-state index contributed by atoms with van der Waals surface area (Å²) in [5.74, 6) is 0.764. The molecule has 0 amide bonds. The molecule has 39 heavy (non-hydrogen) atoms. The lowest BCUT2D eigenvalue weighted by Gasteiger charge is -2.63. The van der Waals surface area contributed by atoms with E-state index < -0.39 is 11.0 Å². The van der Waals surface area contributed by atoms with Gasteiger partial charge in [-0.2, -0.15) is 0 Å². The molecule has 2 aliphatic heterocycles. The number of hydrogen-bond acceptors (Lipinski definition) is 4. The maximum Gasteiger partial charge on any atom is 0.166 e. The number of phenols is 1. The molecule has 5 heteroatoms. The number of aliphatic hydroxyl groups is 1. The maximum absolute atomic E-state index is 13.1. The zero-order valence-corrected chi connectivity index (χ0v) is 22.3. The smallest absolute Gasteiger partial charge is 0.166 e. The van der Waals surface area contributed by atoms with E-state index in [-0.39, 0.29) is 17.9 Å². The Morgan fingerprint density at radius 3 is 2.54 bits per heavy atom. The average molecular weight is 519 g/mol. The summed E-state index contributed by atoms with van der Waals surface area (Å²) in [5.41, 5.74) is 6.57. The van der Waals surface area contributed by atoms with Crippen LogP contribution in [-0.2, 0) is 24.8 Å². The highest BCUT2D eigenvalue weighted by atomic mass is 16.5. The van der Waals surface area contributed by atoms with Gasteiger partial charge >= 0.3 is 0 Å². The van der Waals surface area contributed by atoms with Gasteiger partial charge in [0.15, 0.2) is 17.6 Å². The Morgan fingerprint density at radius 2 is 1.77 bits per heavy atom. The first-order valence-electron chi connectivity index (χ1n) is 14.3. The fourth-order valence-electron chi connectivity index (χ4n) is 8.51. The third kappa shape index (κ3) is 2.98. The van der Waals surface area contributed by atoms with Crippen LogP contribution in [-0.4, -0.2) is 44.4 Å². The predicted octanol–water partition coefficient (Wildman–Crippen LogP) is 5.61. The molecule has 1 aromatic heterocycles. The van der Waals surface area contributed by atoms with Gasteiger partial charge in [-0.05, 0) is 60.7 Å². The number of nitrogens with zero attached hydrogens (tertiary/aromatic N) is 2. The van der Waals surface area contributed by atoms with Crippen LogP contribution < -0.4 is 4.74 Å². The molecule has 4 aromatic rings. The summed E-state index contributed by atoms with van der Waals surface area (Å²) in [7, 11) is 0. The van der Waals surface area contributed by atoms with E-state index in [1.165, 1.54) is 22.3 Å². The number of rotatable bonds is 5. The van der Waals surface area contributed by atoms with E-state index in [1.54, 1.807) is 6.07 Å². The fraction of sp³-hybridized carbons (Fsp3) is 0.353. The van der Waals surface area contributed by atoms with E-state index in [0.29, 0.717) is 12.2 Å². The standard InChI is InChI=1S/C34H34N2O3/c1-2-16-35-17-15-33-29-24-13-14-27(37)31(29)39-32(33)30-25(19-34(33,38)28(35)18-24)26(23-11-7-4-8-12-23)21-36(30)20-22-9-5-3-6-10-22/h3-14,21,28,32,37-38H,2,15-20H2,1H3/t28-,32-,33-,34+/m0/s1. The number of piperidine rings is 1. The Balaban J connectivity index is 1.40. The second kappa shape index (κ2) is 8.23. The summed E-state index contributed by atoms with van der Waals surface area (Å²) >= 11 is 0. The van der Waals surface area contributed by atoms with Gasteiger partial charge in [0.25, 0.3) is 0 Å². The Kier molecular flexibility index (Phi) is 4.93. The van der Waals surface area contributed by atoms with Crippen molar-refractivity contribution in [3.8, 4) is 22.6 Å². The second-order valence-corrected chi connectivity index (χ2v) is 11.9. The summed E-state index contributed by atoms with van der Waals surface area (Å²) in [6.45, 7) is 4.85. The van der Waals surface area contributed by atoms with Gasteiger partial charge in [0, 0.05) is 36.3 Å². The monoisotopic (exact) mass is 518 g/mol. The SMILES string of the molecule is CCCN1CC[C@]23c4c5ccc(O)c4O[C@H]2c2c(c(-c4ccccc4)cn2Cc2ccccc2)C[C@@]3(O)[C@@H]1C5. The minimum absolute atomic E-state index is 0.00883. The van der Waals surface area contributed by atoms with Crippen LogP contribution in [0.4, 0.5) is 0 Å². The third-order valence-corrected chi connectivity index (χ3v) is 10.0. The fourth-order valence-corrected chi connectivity index (χ4v) is 8.51. The Morgan fingerprint density at radius 1 is 1.00 bits per heavy atom. The highest BCUT2D eigenvalue weighted by Crippen LogP contribution is 2.69. The molecule has 8 rings (SSSR count). The maximum atomic E-state index is 13.1. The van der Waals surface area contributed by atoms with E-state index in [1.807, 2.05) is 0 Å². The highest BCUT2D eigenvalue weighted by molar-refractivity contribution is 5.73. The van der Waals surface area contributed by atoms with Crippen LogP contribution in [0.2, 0.25) is 0 Å². The quantitative estimate of drug-likeness (QED) is 0.361. The zero-order valence-electron chi connectivity index (χ0n) is 22.3. The van der Waals surface area contributed by atoms with Crippen molar-refractivity contribution in [1.29, 1.82) is 0 Å². The van der Waals surface area contributed by atoms with Crippen molar-refractivity contribution in [2.24, 2.45) is 0 Å². The highest BCUT2D eigenvalue weighted by Gasteiger charge is 2.73. The molecule has 1 saturated heterocycles. The lowest BCUT2D eigenvalue weighted by atomic mass is 9.49. The molecule has 1 fully saturated rings. The first kappa shape index (κ1) is 23.4. The number of hydrogen-bond donors (Lipinski definition) is 2. The number of aromatic hydroxyl groups is 1. The van der Waals surface area contributed by atoms with E-state index in [0.717, 1.165) is 55.7 Å². The minimum atomic E-state index is -0.993. The molecule has 0 radical (unpaired) electrons. The van der Waals surface area contributed by atoms with Crippen molar-refractivity contribution in [3.63, 3.8) is 0 Å². The molecule has 2 aliphatic carbocycles. The lowest BCUT2D eigenvalue weighted by molar-refractivity contribution is -0.173. The van der Waals surface area contributed by atoms with Crippen LogP contribution in [0.15, 0.2) is 79.0 Å². The van der Waals surface area contributed by atoms with Gasteiger partial charge in [0.2, 0.25) is 0 Å². The van der Waals surface area contributed by atoms with Crippen molar-refractivity contribution in [3.05, 3.63) is 107 Å². The van der Waals surface area contributed by atoms with Crippen LogP contribution in [0.5, 0.6) is 11.5 Å². The van der Waals surface area contributed by atoms with Gasteiger partial charge in [0.05, 0.1) is 16.7 Å². The molecule has 3 heterocycles. The Labute approximate surface area is 229 Å². The number of benzene rings is 3. The summed E-state index contributed by atoms with van der Waals surface area (Å²) in [4.78, 5) is 2.52. The van der Waals surface area contributed by atoms with Crippen LogP contribution >= 0.6 is 0 Å². The number of phenolic OH excluding ortho intramolecular Hbond substituents is 1. The second-order valence-electron chi connectivity index (χ2n) is 11.9. The summed E-state index contributed by atoms with van der Waals surface area (Å²) in [5, 5.41) is 24.1. The van der Waals surface area contributed by atoms with E-state index in [4.69, 9.17) is 4.74 Å². The molecule has 1 spiro atoms. The van der Waals surface area contributed by atoms with Crippen LogP contribution in [0.1, 0.15) is 53.8 Å².